The summed E-state index contributed by atoms with van der Waals surface area (Å²) < 4.78 is 5.73. The van der Waals surface area contributed by atoms with Crippen molar-refractivity contribution in [3.63, 3.8) is 0 Å². The average Bonchev–Trinajstić information content (AvgIpc) is 2.39. The van der Waals surface area contributed by atoms with Crippen LogP contribution >= 0.6 is 24.0 Å². The molecule has 1 aromatic rings. The van der Waals surface area contributed by atoms with Crippen LogP contribution in [0.5, 0.6) is 5.75 Å². The van der Waals surface area contributed by atoms with Crippen molar-refractivity contribution in [1.29, 1.82) is 0 Å². The molecule has 0 amide bonds. The minimum absolute atomic E-state index is 0. The Bertz CT molecular complexity index is 366. The second-order valence-electron chi connectivity index (χ2n) is 4.11. The first-order valence-corrected chi connectivity index (χ1v) is 6.43. The third-order valence-corrected chi connectivity index (χ3v) is 2.68. The molecule has 0 radical (unpaired) electrons. The zero-order chi connectivity index (χ0) is 13.4. The summed E-state index contributed by atoms with van der Waals surface area (Å²) in [6, 6.07) is 9.75. The number of ether oxygens (including phenoxy) is 1. The molecule has 0 aliphatic rings. The summed E-state index contributed by atoms with van der Waals surface area (Å²) in [4.78, 5) is 6.38. The predicted molar refractivity (Wildman–Crippen MR) is 91.4 cm³/mol. The highest BCUT2D eigenvalue weighted by atomic mass is 127. The van der Waals surface area contributed by atoms with Gasteiger partial charge in [0.2, 0.25) is 0 Å². The lowest BCUT2D eigenvalue weighted by Crippen LogP contribution is -2.37. The van der Waals surface area contributed by atoms with Gasteiger partial charge < -0.3 is 15.4 Å². The minimum atomic E-state index is 0. The predicted octanol–water partition coefficient (Wildman–Crippen LogP) is 2.73. The first-order valence-electron chi connectivity index (χ1n) is 6.43. The largest absolute Gasteiger partial charge is 0.489 e. The molecule has 5 heteroatoms. The topological polar surface area (TPSA) is 50.8 Å². The lowest BCUT2D eigenvalue weighted by molar-refractivity contribution is 0.229. The molecule has 1 rings (SSSR count). The van der Waals surface area contributed by atoms with Crippen molar-refractivity contribution in [1.82, 2.24) is 4.90 Å². The van der Waals surface area contributed by atoms with E-state index in [1.54, 1.807) is 0 Å². The Morgan fingerprint density at radius 3 is 2.37 bits per heavy atom. The molecule has 1 atom stereocenters. The van der Waals surface area contributed by atoms with E-state index in [9.17, 15) is 0 Å². The Kier molecular flexibility index (Phi) is 9.38. The van der Waals surface area contributed by atoms with Crippen LogP contribution in [0, 0.1) is 0 Å². The van der Waals surface area contributed by atoms with Crippen molar-refractivity contribution in [3.8, 4) is 5.75 Å². The van der Waals surface area contributed by atoms with Gasteiger partial charge in [-0.1, -0.05) is 18.2 Å². The Morgan fingerprint density at radius 2 is 1.84 bits per heavy atom. The van der Waals surface area contributed by atoms with Gasteiger partial charge in [-0.2, -0.15) is 0 Å². The lowest BCUT2D eigenvalue weighted by atomic mass is 10.3. The van der Waals surface area contributed by atoms with E-state index in [4.69, 9.17) is 10.5 Å². The maximum absolute atomic E-state index is 5.90. The highest BCUT2D eigenvalue weighted by Crippen LogP contribution is 2.10. The number of benzene rings is 1. The van der Waals surface area contributed by atoms with Crippen LogP contribution in [0.4, 0.5) is 0 Å². The number of para-hydroxylation sites is 1. The third kappa shape index (κ3) is 6.66. The first kappa shape index (κ1) is 18.0. The molecule has 0 aliphatic carbocycles. The Morgan fingerprint density at radius 1 is 1.26 bits per heavy atom. The molecule has 108 valence electrons. The van der Waals surface area contributed by atoms with Crippen molar-refractivity contribution in [2.75, 3.05) is 19.6 Å². The fraction of sp³-hybridized carbons (Fsp3) is 0.500. The second-order valence-corrected chi connectivity index (χ2v) is 4.11. The number of aliphatic imine (C=N–C) groups is 1. The maximum Gasteiger partial charge on any atom is 0.191 e. The molecule has 0 bridgehead atoms. The molecule has 0 saturated heterocycles. The van der Waals surface area contributed by atoms with E-state index in [0.29, 0.717) is 12.5 Å². The van der Waals surface area contributed by atoms with Gasteiger partial charge in [0, 0.05) is 13.1 Å². The molecule has 0 heterocycles. The number of nitrogens with two attached hydrogens (primary N) is 1. The molecule has 0 spiro atoms. The Balaban J connectivity index is 0.00000324. The standard InChI is InChI=1S/C14H23N3O.HI/c1-4-17(5-2)14(15)16-11-12(3)18-13-9-7-6-8-10-13;/h6-10,12H,4-5,11H2,1-3H3,(H2,15,16);1H. The quantitative estimate of drug-likeness (QED) is 0.471. The molecule has 0 fully saturated rings. The molecular formula is C14H24IN3O. The van der Waals surface area contributed by atoms with E-state index in [1.165, 1.54) is 0 Å². The van der Waals surface area contributed by atoms with E-state index in [1.807, 2.05) is 42.2 Å². The fourth-order valence-corrected chi connectivity index (χ4v) is 1.64. The molecule has 4 nitrogen and oxygen atoms in total. The van der Waals surface area contributed by atoms with Gasteiger partial charge in [-0.25, -0.2) is 4.99 Å². The van der Waals surface area contributed by atoms with E-state index in [2.05, 4.69) is 18.8 Å². The molecule has 1 aromatic carbocycles. The maximum atomic E-state index is 5.90. The van der Waals surface area contributed by atoms with E-state index in [0.717, 1.165) is 18.8 Å². The monoisotopic (exact) mass is 377 g/mol. The van der Waals surface area contributed by atoms with Gasteiger partial charge in [0.05, 0.1) is 6.54 Å². The van der Waals surface area contributed by atoms with Gasteiger partial charge in [0.25, 0.3) is 0 Å². The van der Waals surface area contributed by atoms with Crippen molar-refractivity contribution in [2.24, 2.45) is 10.7 Å². The van der Waals surface area contributed by atoms with Gasteiger partial charge in [-0.15, -0.1) is 24.0 Å². The normalized spacial score (nSPS) is 12.5. The third-order valence-electron chi connectivity index (χ3n) is 2.68. The summed E-state index contributed by atoms with van der Waals surface area (Å²) in [5.41, 5.74) is 5.90. The van der Waals surface area contributed by atoms with Crippen molar-refractivity contribution >= 4 is 29.9 Å². The zero-order valence-electron chi connectivity index (χ0n) is 11.9. The van der Waals surface area contributed by atoms with Crippen molar-refractivity contribution < 1.29 is 4.74 Å². The molecule has 1 unspecified atom stereocenters. The van der Waals surface area contributed by atoms with Crippen LogP contribution in [0.25, 0.3) is 0 Å². The molecule has 0 aliphatic heterocycles. The molecule has 2 N–H and O–H groups in total. The van der Waals surface area contributed by atoms with Gasteiger partial charge in [0.15, 0.2) is 5.96 Å². The lowest BCUT2D eigenvalue weighted by Gasteiger charge is -2.20. The zero-order valence-corrected chi connectivity index (χ0v) is 14.2. The smallest absolute Gasteiger partial charge is 0.191 e. The van der Waals surface area contributed by atoms with Gasteiger partial charge in [-0.3, -0.25) is 0 Å². The number of nitrogens with zero attached hydrogens (tertiary/aromatic N) is 2. The summed E-state index contributed by atoms with van der Waals surface area (Å²) >= 11 is 0. The van der Waals surface area contributed by atoms with E-state index < -0.39 is 0 Å². The molecule has 0 aromatic heterocycles. The highest BCUT2D eigenvalue weighted by Gasteiger charge is 2.05. The fourth-order valence-electron chi connectivity index (χ4n) is 1.64. The summed E-state index contributed by atoms with van der Waals surface area (Å²) in [6.45, 7) is 8.44. The van der Waals surface area contributed by atoms with Gasteiger partial charge in [-0.05, 0) is 32.9 Å². The van der Waals surface area contributed by atoms with E-state index >= 15 is 0 Å². The summed E-state index contributed by atoms with van der Waals surface area (Å²) in [5, 5.41) is 0. The van der Waals surface area contributed by atoms with Gasteiger partial charge >= 0.3 is 0 Å². The Labute approximate surface area is 133 Å². The highest BCUT2D eigenvalue weighted by molar-refractivity contribution is 14.0. The van der Waals surface area contributed by atoms with Gasteiger partial charge in [0.1, 0.15) is 11.9 Å². The van der Waals surface area contributed by atoms with Crippen molar-refractivity contribution in [3.05, 3.63) is 30.3 Å². The number of rotatable bonds is 6. The SMILES string of the molecule is CCN(CC)C(N)=NCC(C)Oc1ccccc1.I. The second kappa shape index (κ2) is 9.89. The number of halogens is 1. The van der Waals surface area contributed by atoms with Crippen LogP contribution in [0.2, 0.25) is 0 Å². The number of guanidine groups is 1. The van der Waals surface area contributed by atoms with Crippen LogP contribution in [-0.4, -0.2) is 36.6 Å². The first-order chi connectivity index (χ1) is 8.67. The number of hydrogen-bond donors (Lipinski definition) is 1. The molecule has 19 heavy (non-hydrogen) atoms. The summed E-state index contributed by atoms with van der Waals surface area (Å²) in [5.74, 6) is 1.45. The van der Waals surface area contributed by atoms with Crippen LogP contribution in [0.3, 0.4) is 0 Å². The van der Waals surface area contributed by atoms with E-state index in [-0.39, 0.29) is 30.1 Å². The van der Waals surface area contributed by atoms with Crippen LogP contribution in [0.1, 0.15) is 20.8 Å². The van der Waals surface area contributed by atoms with Crippen LogP contribution in [-0.2, 0) is 0 Å². The minimum Gasteiger partial charge on any atom is -0.489 e. The average molecular weight is 377 g/mol. The number of hydrogen-bond acceptors (Lipinski definition) is 2. The summed E-state index contributed by atoms with van der Waals surface area (Å²) in [7, 11) is 0. The molecule has 0 saturated carbocycles. The van der Waals surface area contributed by atoms with Crippen LogP contribution in [0.15, 0.2) is 35.3 Å². The van der Waals surface area contributed by atoms with Crippen LogP contribution < -0.4 is 10.5 Å². The summed E-state index contributed by atoms with van der Waals surface area (Å²) in [6.07, 6.45) is 0.0153. The Hall–Kier alpha value is -0.980. The molecular weight excluding hydrogens is 353 g/mol. The van der Waals surface area contributed by atoms with Crippen molar-refractivity contribution in [2.45, 2.75) is 26.9 Å².